The Morgan fingerprint density at radius 3 is 1.27 bits per heavy atom. The van der Waals surface area contributed by atoms with Gasteiger partial charge in [-0.15, -0.1) is 0 Å². The van der Waals surface area contributed by atoms with Crippen molar-refractivity contribution < 1.29 is 13.3 Å². The number of rotatable bonds is 20. The zero-order valence-electron chi connectivity index (χ0n) is 21.8. The first-order valence-electron chi connectivity index (χ1n) is 12.7. The number of hydrogen-bond donors (Lipinski definition) is 0. The summed E-state index contributed by atoms with van der Waals surface area (Å²) >= 11 is 1.98. The molecule has 0 spiro atoms. The van der Waals surface area contributed by atoms with Gasteiger partial charge in [0.1, 0.15) is 16.5 Å². The highest BCUT2D eigenvalue weighted by atomic mass is 32.2. The molecular formula is C22H53NO3SSi3. The molecule has 0 atom stereocenters. The highest BCUT2D eigenvalue weighted by Gasteiger charge is 2.45. The van der Waals surface area contributed by atoms with E-state index < -0.39 is 25.3 Å². The number of nitrogens with zero attached hydrogens (tertiary/aromatic N) is 1. The van der Waals surface area contributed by atoms with Gasteiger partial charge in [0.2, 0.25) is 0 Å². The lowest BCUT2D eigenvalue weighted by Crippen LogP contribution is -2.66. The molecule has 0 bridgehead atoms. The predicted molar refractivity (Wildman–Crippen MR) is 144 cm³/mol. The first kappa shape index (κ1) is 30.8. The van der Waals surface area contributed by atoms with E-state index in [0.717, 1.165) is 5.38 Å². The van der Waals surface area contributed by atoms with Crippen LogP contribution in [0, 0.1) is 0 Å². The molecule has 0 heterocycles. The molecule has 182 valence electrons. The molecule has 0 aromatic heterocycles. The van der Waals surface area contributed by atoms with Gasteiger partial charge in [-0.05, 0) is 75.8 Å². The summed E-state index contributed by atoms with van der Waals surface area (Å²) in [7, 11) is -5.24. The van der Waals surface area contributed by atoms with Crippen LogP contribution in [0.3, 0.4) is 0 Å². The third-order valence-electron chi connectivity index (χ3n) is 7.14. The van der Waals surface area contributed by atoms with Crippen molar-refractivity contribution >= 4 is 37.0 Å². The zero-order chi connectivity index (χ0) is 23.1. The maximum Gasteiger partial charge on any atom is 0.511 e. The van der Waals surface area contributed by atoms with Crippen molar-refractivity contribution in [1.82, 2.24) is 4.23 Å². The van der Waals surface area contributed by atoms with Crippen LogP contribution >= 0.6 is 11.8 Å². The molecule has 0 unspecified atom stereocenters. The van der Waals surface area contributed by atoms with Gasteiger partial charge in [0.25, 0.3) is 0 Å². The monoisotopic (exact) mass is 495 g/mol. The van der Waals surface area contributed by atoms with Crippen LogP contribution in [0.2, 0.25) is 36.3 Å². The molecule has 4 nitrogen and oxygen atoms in total. The molecule has 0 fully saturated rings. The van der Waals surface area contributed by atoms with Gasteiger partial charge in [-0.2, -0.15) is 11.8 Å². The maximum absolute atomic E-state index is 6.03. The second-order valence-corrected chi connectivity index (χ2v) is 23.0. The van der Waals surface area contributed by atoms with Crippen LogP contribution in [0.5, 0.6) is 0 Å². The summed E-state index contributed by atoms with van der Waals surface area (Å²) in [6.45, 7) is 24.2. The minimum absolute atomic E-state index is 0.662. The first-order chi connectivity index (χ1) is 14.4. The van der Waals surface area contributed by atoms with Crippen LogP contribution in [0.25, 0.3) is 0 Å². The lowest BCUT2D eigenvalue weighted by atomic mass is 10.5. The Morgan fingerprint density at radius 2 is 0.967 bits per heavy atom. The molecule has 0 aliphatic carbocycles. The summed E-state index contributed by atoms with van der Waals surface area (Å²) in [5, 5.41) is 0.873. The van der Waals surface area contributed by atoms with Crippen molar-refractivity contribution in [1.29, 1.82) is 0 Å². The highest BCUT2D eigenvalue weighted by molar-refractivity contribution is 8.00. The fourth-order valence-corrected chi connectivity index (χ4v) is 23.0. The Bertz CT molecular complexity index is 371. The fraction of sp³-hybridized carbons (Fsp3) is 1.00. The van der Waals surface area contributed by atoms with Crippen molar-refractivity contribution in [3.8, 4) is 0 Å². The molecule has 0 radical (unpaired) electrons. The Kier molecular flexibility index (Phi) is 16.9. The largest absolute Gasteiger partial charge is 0.511 e. The van der Waals surface area contributed by atoms with Gasteiger partial charge in [-0.1, -0.05) is 41.5 Å². The minimum atomic E-state index is -2.52. The molecule has 0 aromatic rings. The van der Waals surface area contributed by atoms with Crippen LogP contribution < -0.4 is 0 Å². The molecule has 0 saturated heterocycles. The van der Waals surface area contributed by atoms with E-state index in [9.17, 15) is 0 Å². The molecule has 0 aromatic carbocycles. The maximum atomic E-state index is 6.03. The van der Waals surface area contributed by atoms with Gasteiger partial charge in [0.05, 0.1) is 5.38 Å². The average Bonchev–Trinajstić information content (AvgIpc) is 2.76. The summed E-state index contributed by atoms with van der Waals surface area (Å²) < 4.78 is 21.3. The summed E-state index contributed by atoms with van der Waals surface area (Å²) in [6.07, 6.45) is 1.27. The first-order valence-corrected chi connectivity index (χ1v) is 20.9. The van der Waals surface area contributed by atoms with E-state index in [1.165, 1.54) is 55.0 Å². The fourth-order valence-electron chi connectivity index (χ4n) is 5.05. The second kappa shape index (κ2) is 16.5. The lowest BCUT2D eigenvalue weighted by Gasteiger charge is -2.52. The third-order valence-corrected chi connectivity index (χ3v) is 25.6. The smallest absolute Gasteiger partial charge is 0.373 e. The van der Waals surface area contributed by atoms with Gasteiger partial charge in [0, 0.05) is 19.8 Å². The van der Waals surface area contributed by atoms with E-state index in [2.05, 4.69) is 45.8 Å². The van der Waals surface area contributed by atoms with Gasteiger partial charge in [-0.3, -0.25) is 0 Å². The Hall–Kier alpha value is 0.841. The third kappa shape index (κ3) is 8.32. The topological polar surface area (TPSA) is 30.9 Å². The summed E-state index contributed by atoms with van der Waals surface area (Å²) in [4.78, 5) is 0. The van der Waals surface area contributed by atoms with E-state index in [-0.39, 0.29) is 0 Å². The van der Waals surface area contributed by atoms with Gasteiger partial charge in [-0.25, -0.2) is 0 Å². The summed E-state index contributed by atoms with van der Waals surface area (Å²) in [5.41, 5.74) is 0. The van der Waals surface area contributed by atoms with Crippen molar-refractivity contribution in [2.24, 2.45) is 0 Å². The van der Waals surface area contributed by atoms with E-state index in [0.29, 0.717) is 19.8 Å². The standard InChI is InChI=1S/C22H53NO3SSi3/c1-10-24-30(25-11-2,26-12-3)22-27-21-19-20-23(28(13-4,14-5)15-6)29(16-7,17-8)18-9/h10-22H2,1-9H3. The molecule has 0 aliphatic heterocycles. The molecule has 0 rings (SSSR count). The van der Waals surface area contributed by atoms with Crippen LogP contribution in [-0.2, 0) is 13.3 Å². The average molecular weight is 496 g/mol. The molecular weight excluding hydrogens is 443 g/mol. The van der Waals surface area contributed by atoms with E-state index >= 15 is 0 Å². The second-order valence-electron chi connectivity index (χ2n) is 8.11. The van der Waals surface area contributed by atoms with Crippen molar-refractivity contribution in [2.45, 2.75) is 105 Å². The molecule has 0 amide bonds. The van der Waals surface area contributed by atoms with E-state index in [1.807, 2.05) is 32.5 Å². The van der Waals surface area contributed by atoms with Crippen molar-refractivity contribution in [3.63, 3.8) is 0 Å². The Labute approximate surface area is 196 Å². The number of thioether (sulfide) groups is 1. The lowest BCUT2D eigenvalue weighted by molar-refractivity contribution is 0.0773. The van der Waals surface area contributed by atoms with Gasteiger partial charge >= 0.3 is 8.80 Å². The Balaban J connectivity index is 5.21. The molecule has 0 saturated carbocycles. The number of hydrogen-bond acceptors (Lipinski definition) is 5. The Morgan fingerprint density at radius 1 is 0.600 bits per heavy atom. The van der Waals surface area contributed by atoms with E-state index in [4.69, 9.17) is 13.3 Å². The highest BCUT2D eigenvalue weighted by Crippen LogP contribution is 2.36. The van der Waals surface area contributed by atoms with Crippen LogP contribution in [0.15, 0.2) is 0 Å². The summed E-state index contributed by atoms with van der Waals surface area (Å²) in [6, 6.07) is 8.40. The van der Waals surface area contributed by atoms with E-state index in [1.54, 1.807) is 0 Å². The molecule has 30 heavy (non-hydrogen) atoms. The molecule has 0 N–H and O–H groups in total. The van der Waals surface area contributed by atoms with Gasteiger partial charge < -0.3 is 17.5 Å². The van der Waals surface area contributed by atoms with Gasteiger partial charge in [0.15, 0.2) is 0 Å². The van der Waals surface area contributed by atoms with Crippen LogP contribution in [0.4, 0.5) is 0 Å². The minimum Gasteiger partial charge on any atom is -0.373 e. The quantitative estimate of drug-likeness (QED) is 0.134. The summed E-state index contributed by atoms with van der Waals surface area (Å²) in [5.74, 6) is 1.17. The molecule has 0 aliphatic rings. The zero-order valence-corrected chi connectivity index (χ0v) is 25.6. The van der Waals surface area contributed by atoms with Crippen molar-refractivity contribution in [3.05, 3.63) is 0 Å². The van der Waals surface area contributed by atoms with Crippen molar-refractivity contribution in [2.75, 3.05) is 37.5 Å². The predicted octanol–water partition coefficient (Wildman–Crippen LogP) is 7.01. The molecule has 8 heteroatoms. The van der Waals surface area contributed by atoms with Crippen LogP contribution in [-0.4, -0.2) is 67.0 Å². The SMILES string of the molecule is CCO[Si](CSCCCN([Si](CC)(CC)CC)[Si](CC)(CC)CC)(OCC)OCC. The normalized spacial score (nSPS) is 13.4. The van der Waals surface area contributed by atoms with Crippen LogP contribution in [0.1, 0.15) is 68.7 Å².